The van der Waals surface area contributed by atoms with Crippen molar-refractivity contribution < 1.29 is 37.0 Å². The molecule has 34 heavy (non-hydrogen) atoms. The molecule has 4 rings (SSSR count). The topological polar surface area (TPSA) is 80.0 Å². The molecule has 6 nitrogen and oxygen atoms in total. The largest absolute Gasteiger partial charge is 0.507 e. The molecule has 0 aliphatic carbocycles. The maximum absolute atomic E-state index is 13.3. The third-order valence-electron chi connectivity index (χ3n) is 5.18. The van der Waals surface area contributed by atoms with Crippen LogP contribution < -0.4 is 9.64 Å². The van der Waals surface area contributed by atoms with Gasteiger partial charge >= 0.3 is 6.18 Å². The summed E-state index contributed by atoms with van der Waals surface area (Å²) in [5.41, 5.74) is -1.76. The van der Waals surface area contributed by atoms with E-state index in [0.717, 1.165) is 23.1 Å². The van der Waals surface area contributed by atoms with Crippen molar-refractivity contribution in [3.8, 4) is 5.75 Å². The van der Waals surface area contributed by atoms with E-state index >= 15 is 0 Å². The molecule has 1 unspecified atom stereocenters. The zero-order valence-electron chi connectivity index (χ0n) is 17.2. The number of alkyl halides is 3. The van der Waals surface area contributed by atoms with Crippen LogP contribution >= 0.6 is 23.2 Å². The second-order valence-corrected chi connectivity index (χ2v) is 8.04. The van der Waals surface area contributed by atoms with Crippen LogP contribution in [0.15, 0.2) is 64.8 Å². The number of ketones is 1. The fourth-order valence-electron chi connectivity index (χ4n) is 3.74. The van der Waals surface area contributed by atoms with Gasteiger partial charge in [-0.2, -0.15) is 13.2 Å². The molecule has 1 fully saturated rings. The summed E-state index contributed by atoms with van der Waals surface area (Å²) in [6.45, 7) is 0. The molecule has 176 valence electrons. The summed E-state index contributed by atoms with van der Waals surface area (Å²) in [6.07, 6.45) is -3.42. The van der Waals surface area contributed by atoms with E-state index in [0.29, 0.717) is 0 Å². The van der Waals surface area contributed by atoms with Gasteiger partial charge in [0, 0.05) is 10.7 Å². The number of rotatable bonds is 4. The van der Waals surface area contributed by atoms with Gasteiger partial charge in [-0.1, -0.05) is 29.3 Å². The number of nitrogens with zero attached hydrogens (tertiary/aromatic N) is 1. The minimum Gasteiger partial charge on any atom is -0.507 e. The molecule has 1 amide bonds. The summed E-state index contributed by atoms with van der Waals surface area (Å²) in [4.78, 5) is 26.9. The minimum absolute atomic E-state index is 0.0213. The molecule has 0 saturated carbocycles. The minimum atomic E-state index is -4.69. The Morgan fingerprint density at radius 1 is 1.12 bits per heavy atom. The molecule has 1 aromatic heterocycles. The van der Waals surface area contributed by atoms with Crippen LogP contribution in [0.5, 0.6) is 5.75 Å². The number of aliphatic hydroxyl groups excluding tert-OH is 1. The fraction of sp³-hybridized carbons (Fsp3) is 0.130. The molecule has 2 heterocycles. The SMILES string of the molecule is COc1c(Cl)cc(Cl)cc1/C(O)=C1/C(=O)C(=O)N(c2cccc(C(F)(F)F)c2)C1c1ccco1. The number of hydrogen-bond donors (Lipinski definition) is 1. The summed E-state index contributed by atoms with van der Waals surface area (Å²) in [5, 5.41) is 11.3. The number of ether oxygens (including phenoxy) is 1. The van der Waals surface area contributed by atoms with Gasteiger partial charge in [-0.25, -0.2) is 0 Å². The van der Waals surface area contributed by atoms with E-state index in [1.54, 1.807) is 0 Å². The van der Waals surface area contributed by atoms with Gasteiger partial charge in [0.05, 0.1) is 35.1 Å². The van der Waals surface area contributed by atoms with E-state index in [1.165, 1.54) is 43.7 Å². The van der Waals surface area contributed by atoms with E-state index in [2.05, 4.69) is 0 Å². The first-order chi connectivity index (χ1) is 16.0. The molecule has 0 radical (unpaired) electrons. The summed E-state index contributed by atoms with van der Waals surface area (Å²) >= 11 is 12.2. The lowest BCUT2D eigenvalue weighted by atomic mass is 9.98. The van der Waals surface area contributed by atoms with Crippen molar-refractivity contribution in [2.75, 3.05) is 12.0 Å². The molecule has 3 aromatic rings. The van der Waals surface area contributed by atoms with Crippen LogP contribution in [0.2, 0.25) is 10.0 Å². The van der Waals surface area contributed by atoms with Crippen LogP contribution in [0.1, 0.15) is 22.9 Å². The van der Waals surface area contributed by atoms with E-state index in [4.69, 9.17) is 32.4 Å². The summed E-state index contributed by atoms with van der Waals surface area (Å²) in [7, 11) is 1.27. The van der Waals surface area contributed by atoms with E-state index in [1.807, 2.05) is 0 Å². The fourth-order valence-corrected chi connectivity index (χ4v) is 4.31. The molecule has 11 heteroatoms. The zero-order chi connectivity index (χ0) is 24.8. The Kier molecular flexibility index (Phi) is 6.09. The van der Waals surface area contributed by atoms with Crippen LogP contribution in [-0.4, -0.2) is 23.9 Å². The maximum atomic E-state index is 13.3. The van der Waals surface area contributed by atoms with E-state index in [-0.39, 0.29) is 32.8 Å². The summed E-state index contributed by atoms with van der Waals surface area (Å²) < 4.78 is 50.5. The lowest BCUT2D eigenvalue weighted by Crippen LogP contribution is -2.29. The van der Waals surface area contributed by atoms with E-state index in [9.17, 15) is 27.9 Å². The zero-order valence-corrected chi connectivity index (χ0v) is 18.7. The molecule has 2 aromatic carbocycles. The molecule has 1 aliphatic heterocycles. The Labute approximate surface area is 200 Å². The van der Waals surface area contributed by atoms with Crippen molar-refractivity contribution in [2.24, 2.45) is 0 Å². The van der Waals surface area contributed by atoms with Crippen molar-refractivity contribution in [1.82, 2.24) is 0 Å². The first-order valence-corrected chi connectivity index (χ1v) is 10.3. The lowest BCUT2D eigenvalue weighted by molar-refractivity contribution is -0.137. The number of aliphatic hydroxyl groups is 1. The predicted molar refractivity (Wildman–Crippen MR) is 118 cm³/mol. The number of hydrogen-bond acceptors (Lipinski definition) is 5. The normalized spacial score (nSPS) is 17.9. The average Bonchev–Trinajstić information content (AvgIpc) is 3.39. The Morgan fingerprint density at radius 2 is 1.85 bits per heavy atom. The highest BCUT2D eigenvalue weighted by Crippen LogP contribution is 2.45. The average molecular weight is 512 g/mol. The second-order valence-electron chi connectivity index (χ2n) is 7.20. The van der Waals surface area contributed by atoms with E-state index < -0.39 is 40.8 Å². The highest BCUT2D eigenvalue weighted by atomic mass is 35.5. The number of carbonyl (C=O) groups excluding carboxylic acids is 2. The Bertz CT molecular complexity index is 1320. The first kappa shape index (κ1) is 23.7. The smallest absolute Gasteiger partial charge is 0.416 e. The van der Waals surface area contributed by atoms with Crippen molar-refractivity contribution in [3.05, 3.63) is 87.3 Å². The van der Waals surface area contributed by atoms with Gasteiger partial charge in [-0.3, -0.25) is 14.5 Å². The van der Waals surface area contributed by atoms with Gasteiger partial charge in [-0.05, 0) is 42.5 Å². The number of Topliss-reactive ketones (excluding diaryl/α,β-unsaturated/α-hetero) is 1. The number of anilines is 1. The molecule has 1 N–H and O–H groups in total. The first-order valence-electron chi connectivity index (χ1n) is 9.59. The van der Waals surface area contributed by atoms with Gasteiger partial charge in [0.15, 0.2) is 0 Å². The quantitative estimate of drug-likeness (QED) is 0.254. The Hall–Kier alpha value is -3.43. The molecule has 1 aliphatic rings. The highest BCUT2D eigenvalue weighted by Gasteiger charge is 2.49. The molecule has 1 atom stereocenters. The Balaban J connectivity index is 1.97. The molecule has 0 spiro atoms. The van der Waals surface area contributed by atoms with Gasteiger partial charge in [-0.15, -0.1) is 0 Å². The van der Waals surface area contributed by atoms with Crippen LogP contribution in [0.3, 0.4) is 0 Å². The van der Waals surface area contributed by atoms with Crippen LogP contribution in [0.4, 0.5) is 18.9 Å². The second kappa shape index (κ2) is 8.73. The molecular formula is C23H14Cl2F3NO5. The number of amides is 1. The predicted octanol–water partition coefficient (Wildman–Crippen LogP) is 6.24. The summed E-state index contributed by atoms with van der Waals surface area (Å²) in [6, 6.07) is 8.07. The Morgan fingerprint density at radius 3 is 2.47 bits per heavy atom. The number of methoxy groups -OCH3 is 1. The lowest BCUT2D eigenvalue weighted by Gasteiger charge is -2.24. The number of benzene rings is 2. The number of furan rings is 1. The maximum Gasteiger partial charge on any atom is 0.416 e. The monoisotopic (exact) mass is 511 g/mol. The van der Waals surface area contributed by atoms with Crippen molar-refractivity contribution in [2.45, 2.75) is 12.2 Å². The van der Waals surface area contributed by atoms with Crippen molar-refractivity contribution in [1.29, 1.82) is 0 Å². The highest BCUT2D eigenvalue weighted by molar-refractivity contribution is 6.51. The standard InChI is InChI=1S/C23H14Cl2F3NO5/c1-33-21-14(9-12(24)10-15(21)25)19(30)17-18(16-6-3-7-34-16)29(22(32)20(17)31)13-5-2-4-11(8-13)23(26,27)28/h2-10,18,30H,1H3/b19-17-. The third kappa shape index (κ3) is 4.01. The molecule has 0 bridgehead atoms. The molecular weight excluding hydrogens is 498 g/mol. The van der Waals surface area contributed by atoms with Gasteiger partial charge < -0.3 is 14.3 Å². The van der Waals surface area contributed by atoms with Crippen molar-refractivity contribution >= 4 is 46.3 Å². The van der Waals surface area contributed by atoms with Crippen molar-refractivity contribution in [3.63, 3.8) is 0 Å². The number of halogens is 5. The summed E-state index contributed by atoms with van der Waals surface area (Å²) in [5.74, 6) is -2.98. The van der Waals surface area contributed by atoms with Gasteiger partial charge in [0.1, 0.15) is 23.3 Å². The van der Waals surface area contributed by atoms with Gasteiger partial charge in [0.2, 0.25) is 0 Å². The van der Waals surface area contributed by atoms with Crippen LogP contribution in [-0.2, 0) is 15.8 Å². The van der Waals surface area contributed by atoms with Crippen LogP contribution in [0.25, 0.3) is 5.76 Å². The third-order valence-corrected chi connectivity index (χ3v) is 5.68. The number of carbonyl (C=O) groups is 2. The van der Waals surface area contributed by atoms with Crippen LogP contribution in [0, 0.1) is 0 Å². The molecule has 1 saturated heterocycles. The van der Waals surface area contributed by atoms with Gasteiger partial charge in [0.25, 0.3) is 11.7 Å².